The zero-order valence-corrected chi connectivity index (χ0v) is 21.7. The third kappa shape index (κ3) is 9.10. The summed E-state index contributed by atoms with van der Waals surface area (Å²) < 4.78 is 0. The maximum absolute atomic E-state index is 12.2. The molecule has 0 bridgehead atoms. The van der Waals surface area contributed by atoms with Crippen molar-refractivity contribution in [2.75, 3.05) is 6.54 Å². The number of carbonyl (C=O) groups is 2. The van der Waals surface area contributed by atoms with Crippen LogP contribution in [0.4, 0.5) is 0 Å². The zero-order chi connectivity index (χ0) is 25.4. The highest BCUT2D eigenvalue weighted by molar-refractivity contribution is 6.13. The van der Waals surface area contributed by atoms with Gasteiger partial charge < -0.3 is 5.32 Å². The SMILES string of the molecule is CCCCCCCCCCCCCC(=O)NCC(=O)N/N=C/c1c2ccccc2cc2ccccc12. The highest BCUT2D eigenvalue weighted by Gasteiger charge is 2.07. The predicted molar refractivity (Wildman–Crippen MR) is 151 cm³/mol. The molecular formula is C31H41N3O2. The second kappa shape index (κ2) is 15.7. The van der Waals surface area contributed by atoms with Crippen LogP contribution in [0.1, 0.15) is 89.5 Å². The molecule has 0 heterocycles. The standard InChI is InChI=1S/C31H41N3O2/c1-2-3-4-5-6-7-8-9-10-11-12-21-30(35)32-24-31(36)34-33-23-29-27-19-15-13-17-25(27)22-26-18-14-16-20-28(26)29/h13-20,22-23H,2-12,21,24H2,1H3,(H,32,35)(H,34,36)/b33-23+. The van der Waals surface area contributed by atoms with E-state index in [1.54, 1.807) is 6.21 Å². The van der Waals surface area contributed by atoms with Gasteiger partial charge in [0.2, 0.25) is 5.91 Å². The summed E-state index contributed by atoms with van der Waals surface area (Å²) >= 11 is 0. The number of amides is 2. The molecule has 0 fully saturated rings. The Hall–Kier alpha value is -3.21. The lowest BCUT2D eigenvalue weighted by Gasteiger charge is -2.08. The number of nitrogens with one attached hydrogen (secondary N) is 2. The van der Waals surface area contributed by atoms with E-state index in [0.29, 0.717) is 6.42 Å². The van der Waals surface area contributed by atoms with Crippen LogP contribution in [0.3, 0.4) is 0 Å². The maximum atomic E-state index is 12.2. The van der Waals surface area contributed by atoms with E-state index in [1.807, 2.05) is 24.3 Å². The summed E-state index contributed by atoms with van der Waals surface area (Å²) in [6.07, 6.45) is 15.9. The van der Waals surface area contributed by atoms with Gasteiger partial charge >= 0.3 is 0 Å². The number of benzene rings is 3. The number of unbranched alkanes of at least 4 members (excludes halogenated alkanes) is 10. The van der Waals surface area contributed by atoms with E-state index in [-0.39, 0.29) is 18.4 Å². The van der Waals surface area contributed by atoms with Crippen LogP contribution in [0.5, 0.6) is 0 Å². The lowest BCUT2D eigenvalue weighted by molar-refractivity contribution is -0.126. The molecule has 36 heavy (non-hydrogen) atoms. The molecule has 2 N–H and O–H groups in total. The Morgan fingerprint density at radius 1 is 0.722 bits per heavy atom. The van der Waals surface area contributed by atoms with Crippen molar-refractivity contribution in [2.45, 2.75) is 84.0 Å². The van der Waals surface area contributed by atoms with Crippen LogP contribution in [-0.4, -0.2) is 24.6 Å². The zero-order valence-electron chi connectivity index (χ0n) is 21.7. The summed E-state index contributed by atoms with van der Waals surface area (Å²) in [7, 11) is 0. The van der Waals surface area contributed by atoms with E-state index in [1.165, 1.54) is 57.8 Å². The molecule has 0 spiro atoms. The first-order valence-corrected chi connectivity index (χ1v) is 13.7. The maximum Gasteiger partial charge on any atom is 0.259 e. The summed E-state index contributed by atoms with van der Waals surface area (Å²) in [6, 6.07) is 18.4. The molecule has 0 saturated carbocycles. The minimum Gasteiger partial charge on any atom is -0.347 e. The molecule has 5 heteroatoms. The average Bonchev–Trinajstić information content (AvgIpc) is 2.90. The molecule has 2 amide bonds. The lowest BCUT2D eigenvalue weighted by Crippen LogP contribution is -2.34. The Morgan fingerprint density at radius 3 is 1.83 bits per heavy atom. The molecule has 0 atom stereocenters. The molecule has 0 aliphatic heterocycles. The van der Waals surface area contributed by atoms with Gasteiger partial charge in [-0.3, -0.25) is 9.59 Å². The van der Waals surface area contributed by atoms with E-state index in [2.05, 4.69) is 53.1 Å². The Bertz CT molecular complexity index is 1090. The minimum atomic E-state index is -0.330. The van der Waals surface area contributed by atoms with Crippen molar-refractivity contribution in [3.63, 3.8) is 0 Å². The van der Waals surface area contributed by atoms with Crippen LogP contribution in [0.25, 0.3) is 21.5 Å². The van der Waals surface area contributed by atoms with Gasteiger partial charge in [-0.15, -0.1) is 0 Å². The van der Waals surface area contributed by atoms with Gasteiger partial charge in [-0.2, -0.15) is 5.10 Å². The van der Waals surface area contributed by atoms with Crippen LogP contribution >= 0.6 is 0 Å². The highest BCUT2D eigenvalue weighted by atomic mass is 16.2. The van der Waals surface area contributed by atoms with E-state index in [4.69, 9.17) is 0 Å². The third-order valence-electron chi connectivity index (χ3n) is 6.65. The van der Waals surface area contributed by atoms with Gasteiger partial charge in [0.05, 0.1) is 12.8 Å². The van der Waals surface area contributed by atoms with Gasteiger partial charge in [0.15, 0.2) is 0 Å². The first kappa shape index (κ1) is 27.4. The van der Waals surface area contributed by atoms with Crippen molar-refractivity contribution in [1.82, 2.24) is 10.7 Å². The Labute approximate surface area is 215 Å². The smallest absolute Gasteiger partial charge is 0.259 e. The Morgan fingerprint density at radius 2 is 1.25 bits per heavy atom. The molecule has 5 nitrogen and oxygen atoms in total. The molecule has 3 aromatic rings. The summed E-state index contributed by atoms with van der Waals surface area (Å²) in [5.41, 5.74) is 3.51. The fourth-order valence-corrected chi connectivity index (χ4v) is 4.61. The van der Waals surface area contributed by atoms with Crippen LogP contribution in [0, 0.1) is 0 Å². The third-order valence-corrected chi connectivity index (χ3v) is 6.65. The second-order valence-electron chi connectivity index (χ2n) is 9.59. The topological polar surface area (TPSA) is 70.6 Å². The molecule has 0 unspecified atom stereocenters. The predicted octanol–water partition coefficient (Wildman–Crippen LogP) is 7.26. The summed E-state index contributed by atoms with van der Waals surface area (Å²) in [4.78, 5) is 24.3. The Balaban J connectivity index is 1.33. The molecule has 0 aliphatic carbocycles. The van der Waals surface area contributed by atoms with Gasteiger partial charge in [0.1, 0.15) is 0 Å². The van der Waals surface area contributed by atoms with Gasteiger partial charge in [-0.05, 0) is 34.0 Å². The van der Waals surface area contributed by atoms with Crippen molar-refractivity contribution in [3.8, 4) is 0 Å². The second-order valence-corrected chi connectivity index (χ2v) is 9.59. The quantitative estimate of drug-likeness (QED) is 0.0966. The van der Waals surface area contributed by atoms with E-state index in [9.17, 15) is 9.59 Å². The largest absolute Gasteiger partial charge is 0.347 e. The van der Waals surface area contributed by atoms with Crippen LogP contribution in [-0.2, 0) is 9.59 Å². The Kier molecular flexibility index (Phi) is 12.0. The first-order valence-electron chi connectivity index (χ1n) is 13.7. The van der Waals surface area contributed by atoms with Gasteiger partial charge in [0, 0.05) is 12.0 Å². The number of hydrazone groups is 1. The fourth-order valence-electron chi connectivity index (χ4n) is 4.61. The fraction of sp³-hybridized carbons (Fsp3) is 0.452. The number of hydrogen-bond acceptors (Lipinski definition) is 3. The van der Waals surface area contributed by atoms with E-state index in [0.717, 1.165) is 39.9 Å². The van der Waals surface area contributed by atoms with Crippen molar-refractivity contribution in [3.05, 3.63) is 60.2 Å². The number of hydrogen-bond donors (Lipinski definition) is 2. The van der Waals surface area contributed by atoms with E-state index >= 15 is 0 Å². The molecule has 0 radical (unpaired) electrons. The lowest BCUT2D eigenvalue weighted by atomic mass is 9.97. The van der Waals surface area contributed by atoms with Gasteiger partial charge in [-0.1, -0.05) is 120 Å². The van der Waals surface area contributed by atoms with Crippen molar-refractivity contribution in [2.24, 2.45) is 5.10 Å². The summed E-state index contributed by atoms with van der Waals surface area (Å²) in [5, 5.41) is 11.3. The van der Waals surface area contributed by atoms with Crippen molar-refractivity contribution < 1.29 is 9.59 Å². The van der Waals surface area contributed by atoms with Crippen molar-refractivity contribution in [1.29, 1.82) is 0 Å². The average molecular weight is 488 g/mol. The number of nitrogens with zero attached hydrogens (tertiary/aromatic N) is 1. The van der Waals surface area contributed by atoms with E-state index < -0.39 is 0 Å². The molecule has 0 aliphatic rings. The number of rotatable bonds is 16. The molecule has 192 valence electrons. The number of fused-ring (bicyclic) bond motifs is 2. The van der Waals surface area contributed by atoms with Gasteiger partial charge in [-0.25, -0.2) is 5.43 Å². The highest BCUT2D eigenvalue weighted by Crippen LogP contribution is 2.27. The molecule has 0 aromatic heterocycles. The van der Waals surface area contributed by atoms with Crippen LogP contribution in [0.15, 0.2) is 59.7 Å². The molecule has 3 rings (SSSR count). The normalized spacial score (nSPS) is 11.4. The van der Waals surface area contributed by atoms with Crippen molar-refractivity contribution >= 4 is 39.6 Å². The summed E-state index contributed by atoms with van der Waals surface area (Å²) in [5.74, 6) is -0.409. The van der Waals surface area contributed by atoms with Crippen LogP contribution < -0.4 is 10.7 Å². The molecular weight excluding hydrogens is 446 g/mol. The minimum absolute atomic E-state index is 0.0650. The monoisotopic (exact) mass is 487 g/mol. The summed E-state index contributed by atoms with van der Waals surface area (Å²) in [6.45, 7) is 2.18. The van der Waals surface area contributed by atoms with Gasteiger partial charge in [0.25, 0.3) is 5.91 Å². The molecule has 3 aromatic carbocycles. The first-order chi connectivity index (χ1) is 17.7. The van der Waals surface area contributed by atoms with Crippen LogP contribution in [0.2, 0.25) is 0 Å². The molecule has 0 saturated heterocycles. The number of carbonyl (C=O) groups excluding carboxylic acids is 2.